The van der Waals surface area contributed by atoms with Crippen LogP contribution in [0.2, 0.25) is 15.1 Å². The van der Waals surface area contributed by atoms with Gasteiger partial charge in [0.25, 0.3) is 0 Å². The first-order valence-corrected chi connectivity index (χ1v) is 8.86. The summed E-state index contributed by atoms with van der Waals surface area (Å²) in [5, 5.41) is 14.0. The number of nitrogens with one attached hydrogen (secondary N) is 1. The van der Waals surface area contributed by atoms with Crippen LogP contribution in [0.1, 0.15) is 18.1 Å². The van der Waals surface area contributed by atoms with E-state index in [4.69, 9.17) is 44.3 Å². The van der Waals surface area contributed by atoms with E-state index in [-0.39, 0.29) is 19.0 Å². The Morgan fingerprint density at radius 3 is 2.46 bits per heavy atom. The largest absolute Gasteiger partial charge is 0.493 e. The normalized spacial score (nSPS) is 11.6. The third-order valence-electron chi connectivity index (χ3n) is 3.45. The summed E-state index contributed by atoms with van der Waals surface area (Å²) in [4.78, 5) is 0. The highest BCUT2D eigenvalue weighted by atomic mass is 35.5. The molecule has 0 aromatic heterocycles. The second-order valence-corrected chi connectivity index (χ2v) is 6.86. The highest BCUT2D eigenvalue weighted by Crippen LogP contribution is 2.37. The van der Waals surface area contributed by atoms with Crippen molar-refractivity contribution in [2.24, 2.45) is 0 Å². The summed E-state index contributed by atoms with van der Waals surface area (Å²) < 4.78 is 11.2. The fraction of sp³-hybridized carbons (Fsp3) is 0.333. The van der Waals surface area contributed by atoms with E-state index < -0.39 is 6.10 Å². The second-order valence-electron chi connectivity index (χ2n) is 5.61. The molecule has 0 saturated heterocycles. The third kappa shape index (κ3) is 6.69. The molecule has 1 unspecified atom stereocenters. The summed E-state index contributed by atoms with van der Waals surface area (Å²) in [5.74, 6) is 0.987. The van der Waals surface area contributed by atoms with Gasteiger partial charge in [-0.3, -0.25) is 0 Å². The molecule has 0 heterocycles. The van der Waals surface area contributed by atoms with Crippen molar-refractivity contribution in [1.29, 1.82) is 0 Å². The van der Waals surface area contributed by atoms with Gasteiger partial charge in [0.2, 0.25) is 0 Å². The lowest BCUT2D eigenvalue weighted by atomic mass is 10.2. The minimum atomic E-state index is -0.413. The van der Waals surface area contributed by atoms with Crippen LogP contribution in [0.25, 0.3) is 0 Å². The van der Waals surface area contributed by atoms with Crippen LogP contribution >= 0.6 is 47.2 Å². The predicted molar refractivity (Wildman–Crippen MR) is 109 cm³/mol. The molecule has 26 heavy (non-hydrogen) atoms. The molecule has 0 fully saturated rings. The summed E-state index contributed by atoms with van der Waals surface area (Å²) in [5.41, 5.74) is 1.73. The number of benzene rings is 2. The van der Waals surface area contributed by atoms with Crippen LogP contribution < -0.4 is 14.8 Å². The van der Waals surface area contributed by atoms with Crippen LogP contribution in [0.4, 0.5) is 0 Å². The zero-order valence-corrected chi connectivity index (χ0v) is 17.5. The quantitative estimate of drug-likeness (QED) is 0.597. The smallest absolute Gasteiger partial charge is 0.180 e. The van der Waals surface area contributed by atoms with Crippen molar-refractivity contribution >= 4 is 47.2 Å². The predicted octanol–water partition coefficient (Wildman–Crippen LogP) is 5.13. The van der Waals surface area contributed by atoms with Gasteiger partial charge in [-0.15, -0.1) is 12.4 Å². The van der Waals surface area contributed by atoms with Crippen LogP contribution in [0.15, 0.2) is 30.3 Å². The Morgan fingerprint density at radius 2 is 1.85 bits per heavy atom. The van der Waals surface area contributed by atoms with Gasteiger partial charge in [0.15, 0.2) is 11.5 Å². The molecule has 0 aliphatic heterocycles. The zero-order valence-electron chi connectivity index (χ0n) is 14.4. The highest BCUT2D eigenvalue weighted by Gasteiger charge is 2.13. The Kier molecular flexibility index (Phi) is 9.86. The van der Waals surface area contributed by atoms with Crippen molar-refractivity contribution in [3.05, 3.63) is 56.5 Å². The van der Waals surface area contributed by atoms with E-state index in [0.29, 0.717) is 39.7 Å². The number of halogens is 4. The summed E-state index contributed by atoms with van der Waals surface area (Å²) in [6.45, 7) is 3.02. The summed E-state index contributed by atoms with van der Waals surface area (Å²) in [6, 6.07) is 8.87. The summed E-state index contributed by atoms with van der Waals surface area (Å²) >= 11 is 18.4. The molecule has 0 spiro atoms. The molecule has 1 atom stereocenters. The second kappa shape index (κ2) is 11.1. The lowest BCUT2D eigenvalue weighted by molar-refractivity contribution is 0.191. The Labute approximate surface area is 174 Å². The molecule has 8 heteroatoms. The van der Waals surface area contributed by atoms with Gasteiger partial charge in [-0.25, -0.2) is 0 Å². The molecule has 2 rings (SSSR count). The summed E-state index contributed by atoms with van der Waals surface area (Å²) in [6.07, 6.45) is -0.413. The van der Waals surface area contributed by atoms with E-state index in [1.54, 1.807) is 38.3 Å². The lowest BCUT2D eigenvalue weighted by Gasteiger charge is -2.15. The number of hydrogen-bond acceptors (Lipinski definition) is 4. The van der Waals surface area contributed by atoms with Crippen molar-refractivity contribution in [3.63, 3.8) is 0 Å². The van der Waals surface area contributed by atoms with E-state index in [2.05, 4.69) is 5.32 Å². The fourth-order valence-electron chi connectivity index (χ4n) is 2.23. The first-order chi connectivity index (χ1) is 11.9. The van der Waals surface area contributed by atoms with Gasteiger partial charge < -0.3 is 19.9 Å². The fourth-order valence-corrected chi connectivity index (χ4v) is 2.98. The van der Waals surface area contributed by atoms with Gasteiger partial charge in [-0.2, -0.15) is 0 Å². The minimum Gasteiger partial charge on any atom is -0.493 e. The van der Waals surface area contributed by atoms with Crippen LogP contribution in [-0.4, -0.2) is 24.9 Å². The van der Waals surface area contributed by atoms with Gasteiger partial charge in [0.05, 0.1) is 18.2 Å². The van der Waals surface area contributed by atoms with Crippen molar-refractivity contribution in [3.8, 4) is 11.5 Å². The lowest BCUT2D eigenvalue weighted by Crippen LogP contribution is -2.23. The third-order valence-corrected chi connectivity index (χ3v) is 4.31. The van der Waals surface area contributed by atoms with Crippen LogP contribution in [0.3, 0.4) is 0 Å². The number of methoxy groups -OCH3 is 1. The average molecular weight is 441 g/mol. The SMILES string of the molecule is COc1cc(CNCC(C)O)cc(Cl)c1OCc1ccc(Cl)cc1Cl.Cl. The molecular weight excluding hydrogens is 420 g/mol. The van der Waals surface area contributed by atoms with Crippen molar-refractivity contribution in [2.75, 3.05) is 13.7 Å². The molecule has 0 aliphatic rings. The number of aliphatic hydroxyl groups is 1. The molecule has 2 aromatic carbocycles. The van der Waals surface area contributed by atoms with Crippen LogP contribution in [-0.2, 0) is 13.2 Å². The van der Waals surface area contributed by atoms with Gasteiger partial charge in [0.1, 0.15) is 6.61 Å². The highest BCUT2D eigenvalue weighted by molar-refractivity contribution is 6.35. The Hall–Kier alpha value is -0.880. The molecule has 0 radical (unpaired) electrons. The first-order valence-electron chi connectivity index (χ1n) is 7.72. The van der Waals surface area contributed by atoms with Gasteiger partial charge >= 0.3 is 0 Å². The Bertz CT molecular complexity index is 726. The van der Waals surface area contributed by atoms with E-state index in [1.807, 2.05) is 6.07 Å². The molecule has 0 aliphatic carbocycles. The van der Waals surface area contributed by atoms with Crippen LogP contribution in [0, 0.1) is 0 Å². The Balaban J connectivity index is 0.00000338. The van der Waals surface area contributed by atoms with Crippen molar-refractivity contribution < 1.29 is 14.6 Å². The summed E-state index contributed by atoms with van der Waals surface area (Å²) in [7, 11) is 1.56. The number of hydrogen-bond donors (Lipinski definition) is 2. The molecule has 2 aromatic rings. The van der Waals surface area contributed by atoms with Gasteiger partial charge in [-0.1, -0.05) is 40.9 Å². The topological polar surface area (TPSA) is 50.7 Å². The molecule has 0 bridgehead atoms. The van der Waals surface area contributed by atoms with E-state index in [0.717, 1.165) is 11.1 Å². The molecule has 0 saturated carbocycles. The average Bonchev–Trinajstić information content (AvgIpc) is 2.54. The molecule has 0 amide bonds. The van der Waals surface area contributed by atoms with Crippen molar-refractivity contribution in [2.45, 2.75) is 26.2 Å². The molecular formula is C18H21Cl4NO3. The number of rotatable bonds is 8. The van der Waals surface area contributed by atoms with Gasteiger partial charge in [0, 0.05) is 28.7 Å². The van der Waals surface area contributed by atoms with E-state index in [9.17, 15) is 5.11 Å². The van der Waals surface area contributed by atoms with Crippen LogP contribution in [0.5, 0.6) is 11.5 Å². The maximum absolute atomic E-state index is 9.30. The maximum atomic E-state index is 9.30. The number of aliphatic hydroxyl groups excluding tert-OH is 1. The number of ether oxygens (including phenoxy) is 2. The van der Waals surface area contributed by atoms with Crippen molar-refractivity contribution in [1.82, 2.24) is 5.32 Å². The van der Waals surface area contributed by atoms with Gasteiger partial charge in [-0.05, 0) is 36.8 Å². The minimum absolute atomic E-state index is 0. The molecule has 4 nitrogen and oxygen atoms in total. The monoisotopic (exact) mass is 439 g/mol. The van der Waals surface area contributed by atoms with E-state index in [1.165, 1.54) is 0 Å². The molecule has 2 N–H and O–H groups in total. The standard InChI is InChI=1S/C18H20Cl3NO3.ClH/c1-11(23)8-22-9-12-5-16(21)18(17(6-12)24-2)25-10-13-3-4-14(19)7-15(13)20;/h3-7,11,22-23H,8-10H2,1-2H3;1H. The molecule has 144 valence electrons. The maximum Gasteiger partial charge on any atom is 0.180 e. The zero-order chi connectivity index (χ0) is 18.4. The Morgan fingerprint density at radius 1 is 1.12 bits per heavy atom. The first kappa shape index (κ1) is 23.2. The van der Waals surface area contributed by atoms with E-state index >= 15 is 0 Å².